The number of aliphatic carboxylic acids is 1. The number of carbonyl (C=O) groups excluding carboxylic acids is 1. The predicted octanol–water partition coefficient (Wildman–Crippen LogP) is 1.35. The molecular formula is C14H20O5S. The summed E-state index contributed by atoms with van der Waals surface area (Å²) in [6.45, 7) is 0.917. The lowest BCUT2D eigenvalue weighted by atomic mass is 9.65. The summed E-state index contributed by atoms with van der Waals surface area (Å²) in [6, 6.07) is 0. The maximum Gasteiger partial charge on any atom is 0.319 e. The molecule has 3 unspecified atom stereocenters. The molecule has 3 heterocycles. The Morgan fingerprint density at radius 2 is 2.25 bits per heavy atom. The maximum absolute atomic E-state index is 12.4. The van der Waals surface area contributed by atoms with Gasteiger partial charge < -0.3 is 14.6 Å². The Bertz CT molecular complexity index is 418. The highest BCUT2D eigenvalue weighted by Gasteiger charge is 2.57. The van der Waals surface area contributed by atoms with Crippen LogP contribution in [0.2, 0.25) is 0 Å². The number of carboxylic acids is 1. The monoisotopic (exact) mass is 300 g/mol. The van der Waals surface area contributed by atoms with Crippen LogP contribution in [0.15, 0.2) is 0 Å². The quantitative estimate of drug-likeness (QED) is 0.776. The van der Waals surface area contributed by atoms with Crippen molar-refractivity contribution in [2.45, 2.75) is 31.3 Å². The summed E-state index contributed by atoms with van der Waals surface area (Å²) in [5.74, 6) is 0.616. The average molecular weight is 300 g/mol. The van der Waals surface area contributed by atoms with Gasteiger partial charge in [0.1, 0.15) is 0 Å². The number of ketones is 1. The Morgan fingerprint density at radius 1 is 1.40 bits per heavy atom. The summed E-state index contributed by atoms with van der Waals surface area (Å²) in [4.78, 5) is 24.2. The average Bonchev–Trinajstić information content (AvgIpc) is 2.87. The highest BCUT2D eigenvalue weighted by molar-refractivity contribution is 7.99. The third-order valence-electron chi connectivity index (χ3n) is 4.94. The Morgan fingerprint density at radius 3 is 2.90 bits per heavy atom. The summed E-state index contributed by atoms with van der Waals surface area (Å²) in [6.07, 6.45) is 2.47. The van der Waals surface area contributed by atoms with Crippen LogP contribution in [0.5, 0.6) is 0 Å². The van der Waals surface area contributed by atoms with E-state index in [4.69, 9.17) is 9.47 Å². The number of carboxylic acid groups (broad SMARTS) is 1. The van der Waals surface area contributed by atoms with Crippen LogP contribution in [-0.4, -0.2) is 53.8 Å². The molecule has 1 spiro atoms. The number of hydrogen-bond acceptors (Lipinski definition) is 5. The summed E-state index contributed by atoms with van der Waals surface area (Å²) >= 11 is 1.85. The zero-order chi connectivity index (χ0) is 14.2. The number of rotatable bonds is 2. The van der Waals surface area contributed by atoms with E-state index >= 15 is 0 Å². The van der Waals surface area contributed by atoms with Crippen LogP contribution in [0.25, 0.3) is 0 Å². The summed E-state index contributed by atoms with van der Waals surface area (Å²) in [7, 11) is 0. The van der Waals surface area contributed by atoms with Crippen molar-refractivity contribution in [3.05, 3.63) is 0 Å². The third-order valence-corrected chi connectivity index (χ3v) is 6.16. The normalized spacial score (nSPS) is 42.0. The standard InChI is InChI=1S/C14H20O5S/c15-11-2-4-18-8-14(11,12(16)17)10-1-5-19-13(7-10)3-6-20-9-13/h10H,1-9H2,(H,16,17). The molecule has 0 saturated carbocycles. The molecule has 112 valence electrons. The number of hydrogen-bond donors (Lipinski definition) is 1. The lowest BCUT2D eigenvalue weighted by Gasteiger charge is -2.45. The van der Waals surface area contributed by atoms with Gasteiger partial charge in [-0.2, -0.15) is 11.8 Å². The molecule has 5 nitrogen and oxygen atoms in total. The minimum Gasteiger partial charge on any atom is -0.480 e. The molecule has 0 aromatic heterocycles. The lowest BCUT2D eigenvalue weighted by molar-refractivity contribution is -0.179. The first-order valence-electron chi connectivity index (χ1n) is 7.15. The number of carbonyl (C=O) groups is 2. The lowest BCUT2D eigenvalue weighted by Crippen LogP contribution is -2.56. The van der Waals surface area contributed by atoms with Crippen LogP contribution in [0, 0.1) is 11.3 Å². The number of Topliss-reactive ketones (excluding diaryl/α,β-unsaturated/α-hetero) is 1. The van der Waals surface area contributed by atoms with Crippen molar-refractivity contribution in [3.8, 4) is 0 Å². The first-order valence-corrected chi connectivity index (χ1v) is 8.31. The first kappa shape index (κ1) is 14.4. The molecule has 0 aliphatic carbocycles. The van der Waals surface area contributed by atoms with Gasteiger partial charge in [0.05, 0.1) is 18.8 Å². The van der Waals surface area contributed by atoms with Crippen LogP contribution >= 0.6 is 11.8 Å². The molecular weight excluding hydrogens is 280 g/mol. The largest absolute Gasteiger partial charge is 0.480 e. The highest BCUT2D eigenvalue weighted by Crippen LogP contribution is 2.47. The number of ether oxygens (including phenoxy) is 2. The highest BCUT2D eigenvalue weighted by atomic mass is 32.2. The molecule has 3 rings (SSSR count). The minimum absolute atomic E-state index is 0.0229. The molecule has 0 bridgehead atoms. The van der Waals surface area contributed by atoms with E-state index in [-0.39, 0.29) is 30.3 Å². The van der Waals surface area contributed by atoms with Gasteiger partial charge in [0, 0.05) is 18.8 Å². The van der Waals surface area contributed by atoms with Gasteiger partial charge in [0.25, 0.3) is 0 Å². The van der Waals surface area contributed by atoms with E-state index in [1.165, 1.54) is 0 Å². The second-order valence-corrected chi connectivity index (χ2v) is 7.13. The van der Waals surface area contributed by atoms with Gasteiger partial charge in [0.2, 0.25) is 0 Å². The Kier molecular flexibility index (Phi) is 3.81. The van der Waals surface area contributed by atoms with Crippen LogP contribution in [0.4, 0.5) is 0 Å². The summed E-state index contributed by atoms with van der Waals surface area (Å²) in [5.41, 5.74) is -1.56. The molecule has 3 atom stereocenters. The SMILES string of the molecule is O=C(O)C1(C2CCOC3(CCSC3)C2)COCCC1=O. The molecule has 3 aliphatic rings. The first-order chi connectivity index (χ1) is 9.59. The van der Waals surface area contributed by atoms with Gasteiger partial charge in [-0.05, 0) is 30.9 Å². The molecule has 0 amide bonds. The second-order valence-electron chi connectivity index (χ2n) is 6.03. The van der Waals surface area contributed by atoms with Gasteiger partial charge in [-0.1, -0.05) is 0 Å². The van der Waals surface area contributed by atoms with Crippen LogP contribution in [0.3, 0.4) is 0 Å². The van der Waals surface area contributed by atoms with Crippen molar-refractivity contribution in [3.63, 3.8) is 0 Å². The van der Waals surface area contributed by atoms with Crippen molar-refractivity contribution < 1.29 is 24.2 Å². The van der Waals surface area contributed by atoms with Gasteiger partial charge in [-0.3, -0.25) is 9.59 Å². The van der Waals surface area contributed by atoms with Crippen LogP contribution in [0.1, 0.15) is 25.7 Å². The topological polar surface area (TPSA) is 72.8 Å². The van der Waals surface area contributed by atoms with E-state index in [0.717, 1.165) is 17.9 Å². The van der Waals surface area contributed by atoms with E-state index in [0.29, 0.717) is 26.1 Å². The molecule has 20 heavy (non-hydrogen) atoms. The molecule has 3 saturated heterocycles. The van der Waals surface area contributed by atoms with Gasteiger partial charge >= 0.3 is 5.97 Å². The summed E-state index contributed by atoms with van der Waals surface area (Å²) < 4.78 is 11.3. The van der Waals surface area contributed by atoms with E-state index in [1.54, 1.807) is 0 Å². The van der Waals surface area contributed by atoms with Crippen LogP contribution in [-0.2, 0) is 19.1 Å². The molecule has 0 radical (unpaired) electrons. The Balaban J connectivity index is 1.87. The molecule has 0 aromatic carbocycles. The molecule has 3 aliphatic heterocycles. The van der Waals surface area contributed by atoms with Gasteiger partial charge in [-0.25, -0.2) is 0 Å². The number of thioether (sulfide) groups is 1. The summed E-state index contributed by atoms with van der Waals surface area (Å²) in [5, 5.41) is 9.70. The van der Waals surface area contributed by atoms with Crippen molar-refractivity contribution in [2.75, 3.05) is 31.3 Å². The smallest absolute Gasteiger partial charge is 0.319 e. The van der Waals surface area contributed by atoms with Gasteiger partial charge in [-0.15, -0.1) is 0 Å². The van der Waals surface area contributed by atoms with E-state index < -0.39 is 11.4 Å². The predicted molar refractivity (Wildman–Crippen MR) is 73.9 cm³/mol. The fraction of sp³-hybridized carbons (Fsp3) is 0.857. The van der Waals surface area contributed by atoms with Crippen molar-refractivity contribution in [1.82, 2.24) is 0 Å². The van der Waals surface area contributed by atoms with Crippen molar-refractivity contribution in [1.29, 1.82) is 0 Å². The van der Waals surface area contributed by atoms with E-state index in [1.807, 2.05) is 11.8 Å². The molecule has 3 fully saturated rings. The second kappa shape index (κ2) is 5.31. The molecule has 0 aromatic rings. The van der Waals surface area contributed by atoms with E-state index in [9.17, 15) is 14.7 Å². The molecule has 1 N–H and O–H groups in total. The fourth-order valence-electron chi connectivity index (χ4n) is 3.71. The van der Waals surface area contributed by atoms with Crippen molar-refractivity contribution >= 4 is 23.5 Å². The Hall–Kier alpha value is -0.590. The maximum atomic E-state index is 12.4. The van der Waals surface area contributed by atoms with E-state index in [2.05, 4.69) is 0 Å². The zero-order valence-corrected chi connectivity index (χ0v) is 12.2. The van der Waals surface area contributed by atoms with Gasteiger partial charge in [0.15, 0.2) is 11.2 Å². The fourth-order valence-corrected chi connectivity index (χ4v) is 5.09. The minimum atomic E-state index is -1.34. The zero-order valence-electron chi connectivity index (χ0n) is 11.4. The third kappa shape index (κ3) is 2.18. The molecule has 6 heteroatoms. The van der Waals surface area contributed by atoms with Crippen molar-refractivity contribution in [2.24, 2.45) is 11.3 Å². The Labute approximate surface area is 122 Å². The van der Waals surface area contributed by atoms with Crippen LogP contribution < -0.4 is 0 Å².